The maximum atomic E-state index is 11.6. The molecule has 0 saturated carbocycles. The number of hydrogen-bond acceptors (Lipinski definition) is 4. The molecule has 2 aromatic carbocycles. The van der Waals surface area contributed by atoms with Gasteiger partial charge < -0.3 is 15.4 Å². The summed E-state index contributed by atoms with van der Waals surface area (Å²) >= 11 is 5.17. The van der Waals surface area contributed by atoms with E-state index in [-0.39, 0.29) is 0 Å². The highest BCUT2D eigenvalue weighted by molar-refractivity contribution is 7.92. The van der Waals surface area contributed by atoms with Crippen molar-refractivity contribution in [2.24, 2.45) is 0 Å². The molecular formula is C17H19N3O3S2. The smallest absolute Gasteiger partial charge is 0.229 e. The molecule has 0 radical (unpaired) electrons. The number of nitrogens with one attached hydrogen (secondary N) is 3. The van der Waals surface area contributed by atoms with Crippen LogP contribution >= 0.6 is 12.2 Å². The number of sulfonamides is 1. The Balaban J connectivity index is 2.28. The highest BCUT2D eigenvalue weighted by Crippen LogP contribution is 2.32. The van der Waals surface area contributed by atoms with Gasteiger partial charge in [-0.25, -0.2) is 8.42 Å². The molecule has 0 aliphatic heterocycles. The van der Waals surface area contributed by atoms with Crippen molar-refractivity contribution in [3.63, 3.8) is 0 Å². The first-order chi connectivity index (χ1) is 11.9. The number of benzene rings is 2. The van der Waals surface area contributed by atoms with Crippen molar-refractivity contribution < 1.29 is 13.2 Å². The Labute approximate surface area is 153 Å². The topological polar surface area (TPSA) is 79.5 Å². The molecule has 25 heavy (non-hydrogen) atoms. The maximum absolute atomic E-state index is 11.6. The van der Waals surface area contributed by atoms with Crippen LogP contribution in [0.4, 0.5) is 11.4 Å². The molecule has 132 valence electrons. The maximum Gasteiger partial charge on any atom is 0.229 e. The summed E-state index contributed by atoms with van der Waals surface area (Å²) in [4.78, 5) is 0. The molecule has 0 amide bonds. The Morgan fingerprint density at radius 2 is 1.96 bits per heavy atom. The number of para-hydroxylation sites is 1. The first-order valence-electron chi connectivity index (χ1n) is 7.38. The normalized spacial score (nSPS) is 10.6. The van der Waals surface area contributed by atoms with Gasteiger partial charge in [0.1, 0.15) is 5.75 Å². The van der Waals surface area contributed by atoms with Crippen LogP contribution in [0.1, 0.15) is 0 Å². The highest BCUT2D eigenvalue weighted by atomic mass is 32.2. The van der Waals surface area contributed by atoms with Gasteiger partial charge in [0.25, 0.3) is 0 Å². The molecule has 0 spiro atoms. The second-order valence-corrected chi connectivity index (χ2v) is 7.28. The average molecular weight is 377 g/mol. The van der Waals surface area contributed by atoms with Crippen molar-refractivity contribution in [3.8, 4) is 11.5 Å². The van der Waals surface area contributed by atoms with Gasteiger partial charge in [-0.3, -0.25) is 4.72 Å². The van der Waals surface area contributed by atoms with Gasteiger partial charge in [-0.1, -0.05) is 24.3 Å². The molecule has 2 aromatic rings. The Hall–Kier alpha value is -2.58. The van der Waals surface area contributed by atoms with Crippen molar-refractivity contribution in [1.82, 2.24) is 5.32 Å². The van der Waals surface area contributed by atoms with E-state index in [9.17, 15) is 8.42 Å². The minimum Gasteiger partial charge on any atom is -0.455 e. The van der Waals surface area contributed by atoms with Crippen LogP contribution in [-0.2, 0) is 10.0 Å². The highest BCUT2D eigenvalue weighted by Gasteiger charge is 2.11. The van der Waals surface area contributed by atoms with Crippen LogP contribution in [0.5, 0.6) is 11.5 Å². The summed E-state index contributed by atoms with van der Waals surface area (Å²) in [6.45, 7) is 4.15. The number of rotatable bonds is 7. The third kappa shape index (κ3) is 6.44. The standard InChI is InChI=1S/C17H19N3O3S2/c1-3-11-18-17(24)19-13-9-10-15(20-25(2,21)22)16(12-13)23-14-7-5-4-6-8-14/h3-10,12,20H,1,11H2,2H3,(H2,18,19,24). The zero-order valence-electron chi connectivity index (χ0n) is 13.7. The van der Waals surface area contributed by atoms with Gasteiger partial charge in [0, 0.05) is 18.3 Å². The lowest BCUT2D eigenvalue weighted by Crippen LogP contribution is -2.28. The monoisotopic (exact) mass is 377 g/mol. The zero-order chi connectivity index (χ0) is 18.3. The fraction of sp³-hybridized carbons (Fsp3) is 0.118. The SMILES string of the molecule is C=CCNC(=S)Nc1ccc(NS(C)(=O)=O)c(Oc2ccccc2)c1. The molecule has 0 fully saturated rings. The Morgan fingerprint density at radius 3 is 2.60 bits per heavy atom. The van der Waals surface area contributed by atoms with Crippen LogP contribution in [0.25, 0.3) is 0 Å². The van der Waals surface area contributed by atoms with Crippen LogP contribution in [0.3, 0.4) is 0 Å². The molecule has 0 bridgehead atoms. The van der Waals surface area contributed by atoms with Crippen molar-refractivity contribution in [3.05, 3.63) is 61.2 Å². The van der Waals surface area contributed by atoms with Crippen LogP contribution in [-0.4, -0.2) is 26.3 Å². The number of anilines is 2. The molecule has 0 aliphatic rings. The predicted octanol–water partition coefficient (Wildman–Crippen LogP) is 3.32. The van der Waals surface area contributed by atoms with E-state index in [1.807, 2.05) is 18.2 Å². The minimum atomic E-state index is -3.44. The Kier molecular flexibility index (Phi) is 6.37. The quantitative estimate of drug-likeness (QED) is 0.507. The largest absolute Gasteiger partial charge is 0.455 e. The van der Waals surface area contributed by atoms with Crippen LogP contribution in [0, 0.1) is 0 Å². The lowest BCUT2D eigenvalue weighted by molar-refractivity contribution is 0.485. The molecule has 0 aliphatic carbocycles. The van der Waals surface area contributed by atoms with Crippen LogP contribution < -0.4 is 20.1 Å². The number of ether oxygens (including phenoxy) is 1. The number of hydrogen-bond donors (Lipinski definition) is 3. The fourth-order valence-corrected chi connectivity index (χ4v) is 2.69. The van der Waals surface area contributed by atoms with E-state index in [4.69, 9.17) is 17.0 Å². The second-order valence-electron chi connectivity index (χ2n) is 5.12. The summed E-state index contributed by atoms with van der Waals surface area (Å²) in [7, 11) is -3.44. The summed E-state index contributed by atoms with van der Waals surface area (Å²) in [5, 5.41) is 6.39. The summed E-state index contributed by atoms with van der Waals surface area (Å²) in [5.41, 5.74) is 0.994. The minimum absolute atomic E-state index is 0.335. The van der Waals surface area contributed by atoms with Crippen LogP contribution in [0.15, 0.2) is 61.2 Å². The van der Waals surface area contributed by atoms with Gasteiger partial charge in [-0.05, 0) is 36.5 Å². The third-order valence-corrected chi connectivity index (χ3v) is 3.75. The van der Waals surface area contributed by atoms with E-state index in [1.54, 1.807) is 36.4 Å². The summed E-state index contributed by atoms with van der Waals surface area (Å²) in [6, 6.07) is 14.1. The molecule has 8 heteroatoms. The third-order valence-electron chi connectivity index (χ3n) is 2.91. The van der Waals surface area contributed by atoms with Gasteiger partial charge in [0.2, 0.25) is 10.0 Å². The van der Waals surface area contributed by atoms with E-state index in [0.717, 1.165) is 6.26 Å². The molecule has 0 unspecified atom stereocenters. The van der Waals surface area contributed by atoms with E-state index < -0.39 is 10.0 Å². The van der Waals surface area contributed by atoms with Gasteiger partial charge in [0.15, 0.2) is 10.9 Å². The zero-order valence-corrected chi connectivity index (χ0v) is 15.3. The second kappa shape index (κ2) is 8.50. The van der Waals surface area contributed by atoms with Crippen molar-refractivity contribution in [2.45, 2.75) is 0 Å². The Bertz CT molecular complexity index is 853. The first-order valence-corrected chi connectivity index (χ1v) is 9.68. The van der Waals surface area contributed by atoms with Gasteiger partial charge in [-0.15, -0.1) is 6.58 Å². The molecule has 2 rings (SSSR count). The summed E-state index contributed by atoms with van der Waals surface area (Å²) in [6.07, 6.45) is 2.77. The van der Waals surface area contributed by atoms with Crippen LogP contribution in [0.2, 0.25) is 0 Å². The molecule has 0 heterocycles. The van der Waals surface area contributed by atoms with Gasteiger partial charge in [-0.2, -0.15) is 0 Å². The van der Waals surface area contributed by atoms with E-state index in [1.165, 1.54) is 0 Å². The first kappa shape index (κ1) is 18.8. The fourth-order valence-electron chi connectivity index (χ4n) is 1.92. The molecular weight excluding hydrogens is 358 g/mol. The van der Waals surface area contributed by atoms with Crippen molar-refractivity contribution in [2.75, 3.05) is 22.8 Å². The molecule has 0 saturated heterocycles. The summed E-state index contributed by atoms with van der Waals surface area (Å²) in [5.74, 6) is 0.941. The Morgan fingerprint density at radius 1 is 1.24 bits per heavy atom. The lowest BCUT2D eigenvalue weighted by Gasteiger charge is -2.15. The lowest BCUT2D eigenvalue weighted by atomic mass is 10.2. The van der Waals surface area contributed by atoms with E-state index >= 15 is 0 Å². The average Bonchev–Trinajstić information content (AvgIpc) is 2.55. The van der Waals surface area contributed by atoms with Gasteiger partial charge >= 0.3 is 0 Å². The summed E-state index contributed by atoms with van der Waals surface area (Å²) < 4.78 is 31.4. The van der Waals surface area contributed by atoms with E-state index in [2.05, 4.69) is 21.9 Å². The predicted molar refractivity (Wildman–Crippen MR) is 106 cm³/mol. The van der Waals surface area contributed by atoms with Gasteiger partial charge in [0.05, 0.1) is 11.9 Å². The molecule has 0 aromatic heterocycles. The van der Waals surface area contributed by atoms with Crippen molar-refractivity contribution >= 4 is 38.7 Å². The molecule has 0 atom stereocenters. The van der Waals surface area contributed by atoms with E-state index in [0.29, 0.717) is 34.5 Å². The van der Waals surface area contributed by atoms with Crippen molar-refractivity contribution in [1.29, 1.82) is 0 Å². The molecule has 3 N–H and O–H groups in total. The number of thiocarbonyl (C=S) groups is 1. The molecule has 6 nitrogen and oxygen atoms in total.